The molecule has 3 atom stereocenters. The number of hydrogen-bond acceptors (Lipinski definition) is 3. The lowest BCUT2D eigenvalue weighted by atomic mass is 10.00. The van der Waals surface area contributed by atoms with Crippen molar-refractivity contribution < 1.29 is 9.90 Å². The molecule has 0 aromatic rings. The molecule has 92 valence electrons. The van der Waals surface area contributed by atoms with Crippen LogP contribution in [0.4, 0.5) is 0 Å². The minimum atomic E-state index is 0.0263. The van der Waals surface area contributed by atoms with Gasteiger partial charge in [0.2, 0.25) is 5.91 Å². The highest BCUT2D eigenvalue weighted by atomic mass is 16.3. The Morgan fingerprint density at radius 2 is 2.25 bits per heavy atom. The second kappa shape index (κ2) is 5.15. The van der Waals surface area contributed by atoms with Gasteiger partial charge in [0.1, 0.15) is 0 Å². The third-order valence-corrected chi connectivity index (χ3v) is 3.92. The predicted molar refractivity (Wildman–Crippen MR) is 62.0 cm³/mol. The third-order valence-electron chi connectivity index (χ3n) is 3.92. The molecule has 2 aliphatic heterocycles. The summed E-state index contributed by atoms with van der Waals surface area (Å²) in [5.74, 6) is 0.938. The van der Waals surface area contributed by atoms with Gasteiger partial charge in [-0.15, -0.1) is 0 Å². The van der Waals surface area contributed by atoms with Crippen LogP contribution in [-0.4, -0.2) is 48.2 Å². The largest absolute Gasteiger partial charge is 0.396 e. The normalized spacial score (nSPS) is 35.4. The Kier molecular flexibility index (Phi) is 3.82. The van der Waals surface area contributed by atoms with Gasteiger partial charge in [0.25, 0.3) is 0 Å². The Labute approximate surface area is 97.0 Å². The van der Waals surface area contributed by atoms with Gasteiger partial charge < -0.3 is 15.3 Å². The number of aliphatic hydroxyl groups excluding tert-OH is 1. The second-order valence-electron chi connectivity index (χ2n) is 5.17. The van der Waals surface area contributed by atoms with Gasteiger partial charge in [-0.2, -0.15) is 0 Å². The molecule has 4 heteroatoms. The van der Waals surface area contributed by atoms with Gasteiger partial charge in [-0.05, 0) is 25.3 Å². The number of hydrogen-bond donors (Lipinski definition) is 2. The van der Waals surface area contributed by atoms with Gasteiger partial charge in [0.05, 0.1) is 6.04 Å². The molecular formula is C12H22N2O2. The molecule has 2 saturated heterocycles. The van der Waals surface area contributed by atoms with Crippen LogP contribution < -0.4 is 5.32 Å². The number of piperidine rings is 1. The van der Waals surface area contributed by atoms with Crippen molar-refractivity contribution >= 4 is 5.91 Å². The van der Waals surface area contributed by atoms with E-state index in [1.54, 1.807) is 0 Å². The molecular weight excluding hydrogens is 204 g/mol. The van der Waals surface area contributed by atoms with Gasteiger partial charge in [-0.25, -0.2) is 0 Å². The number of nitrogens with one attached hydrogen (secondary N) is 1. The zero-order valence-corrected chi connectivity index (χ0v) is 9.98. The first kappa shape index (κ1) is 11.9. The topological polar surface area (TPSA) is 52.6 Å². The molecule has 0 aromatic carbocycles. The average molecular weight is 226 g/mol. The summed E-state index contributed by atoms with van der Waals surface area (Å²) in [6.45, 7) is 4.81. The Morgan fingerprint density at radius 1 is 1.44 bits per heavy atom. The maximum absolute atomic E-state index is 12.2. The fraction of sp³-hybridized carbons (Fsp3) is 0.917. The summed E-state index contributed by atoms with van der Waals surface area (Å²) in [4.78, 5) is 14.1. The van der Waals surface area contributed by atoms with Gasteiger partial charge in [-0.3, -0.25) is 4.79 Å². The van der Waals surface area contributed by atoms with Crippen molar-refractivity contribution in [1.29, 1.82) is 0 Å². The van der Waals surface area contributed by atoms with Crippen LogP contribution >= 0.6 is 0 Å². The fourth-order valence-corrected chi connectivity index (χ4v) is 2.73. The van der Waals surface area contributed by atoms with E-state index < -0.39 is 0 Å². The zero-order valence-electron chi connectivity index (χ0n) is 9.98. The van der Waals surface area contributed by atoms with Crippen LogP contribution in [0.1, 0.15) is 26.2 Å². The Bertz CT molecular complexity index is 251. The summed E-state index contributed by atoms with van der Waals surface area (Å²) in [5, 5.41) is 12.5. The van der Waals surface area contributed by atoms with E-state index in [2.05, 4.69) is 12.2 Å². The number of carbonyl (C=O) groups is 1. The molecule has 0 aliphatic carbocycles. The number of likely N-dealkylation sites (tertiary alicyclic amines) is 1. The highest BCUT2D eigenvalue weighted by Gasteiger charge is 2.34. The second-order valence-corrected chi connectivity index (χ2v) is 5.17. The number of carbonyl (C=O) groups excluding carboxylic acids is 1. The molecule has 16 heavy (non-hydrogen) atoms. The molecule has 0 spiro atoms. The monoisotopic (exact) mass is 226 g/mol. The summed E-state index contributed by atoms with van der Waals surface area (Å²) in [5.41, 5.74) is 0. The van der Waals surface area contributed by atoms with Crippen molar-refractivity contribution in [1.82, 2.24) is 10.2 Å². The van der Waals surface area contributed by atoms with Gasteiger partial charge >= 0.3 is 0 Å². The SMILES string of the molecule is C[C@@H]1CN(C(=O)[C@H]2CCCCN2)C[C@@H]1CO. The molecule has 2 aliphatic rings. The van der Waals surface area contributed by atoms with E-state index in [4.69, 9.17) is 0 Å². The van der Waals surface area contributed by atoms with Crippen molar-refractivity contribution in [3.05, 3.63) is 0 Å². The molecule has 2 rings (SSSR count). The number of nitrogens with zero attached hydrogens (tertiary/aromatic N) is 1. The maximum Gasteiger partial charge on any atom is 0.239 e. The van der Waals surface area contributed by atoms with E-state index in [0.29, 0.717) is 5.92 Å². The van der Waals surface area contributed by atoms with Crippen LogP contribution in [-0.2, 0) is 4.79 Å². The molecule has 0 aromatic heterocycles. The quantitative estimate of drug-likeness (QED) is 0.708. The van der Waals surface area contributed by atoms with Crippen molar-refractivity contribution in [2.75, 3.05) is 26.2 Å². The summed E-state index contributed by atoms with van der Waals surface area (Å²) in [6, 6.07) is 0.0263. The highest BCUT2D eigenvalue weighted by molar-refractivity contribution is 5.82. The molecule has 1 amide bonds. The molecule has 2 N–H and O–H groups in total. The molecule has 0 bridgehead atoms. The van der Waals surface area contributed by atoms with Crippen LogP contribution in [0.5, 0.6) is 0 Å². The van der Waals surface area contributed by atoms with E-state index in [1.165, 1.54) is 6.42 Å². The molecule has 0 radical (unpaired) electrons. The van der Waals surface area contributed by atoms with Crippen LogP contribution in [0, 0.1) is 11.8 Å². The van der Waals surface area contributed by atoms with Gasteiger partial charge in [-0.1, -0.05) is 13.3 Å². The van der Waals surface area contributed by atoms with Crippen molar-refractivity contribution in [3.8, 4) is 0 Å². The predicted octanol–water partition coefficient (Wildman–Crippen LogP) is 0.215. The first-order valence-corrected chi connectivity index (χ1v) is 6.35. The lowest BCUT2D eigenvalue weighted by molar-refractivity contribution is -0.133. The molecule has 2 heterocycles. The van der Waals surface area contributed by atoms with Crippen molar-refractivity contribution in [3.63, 3.8) is 0 Å². The van der Waals surface area contributed by atoms with Crippen LogP contribution in [0.25, 0.3) is 0 Å². The summed E-state index contributed by atoms with van der Waals surface area (Å²) >= 11 is 0. The minimum Gasteiger partial charge on any atom is -0.396 e. The van der Waals surface area contributed by atoms with E-state index in [-0.39, 0.29) is 24.5 Å². The maximum atomic E-state index is 12.2. The molecule has 0 unspecified atom stereocenters. The van der Waals surface area contributed by atoms with E-state index in [1.807, 2.05) is 4.90 Å². The standard InChI is InChI=1S/C12H22N2O2/c1-9-6-14(7-10(9)8-15)12(16)11-4-2-3-5-13-11/h9-11,13,15H,2-8H2,1H3/t9-,10-,11-/m1/s1. The van der Waals surface area contributed by atoms with Gasteiger partial charge in [0, 0.05) is 25.6 Å². The molecule has 0 saturated carbocycles. The lowest BCUT2D eigenvalue weighted by Gasteiger charge is -2.27. The minimum absolute atomic E-state index is 0.0263. The smallest absolute Gasteiger partial charge is 0.239 e. The summed E-state index contributed by atoms with van der Waals surface area (Å²) < 4.78 is 0. The van der Waals surface area contributed by atoms with Crippen LogP contribution in [0.2, 0.25) is 0 Å². The van der Waals surface area contributed by atoms with Crippen molar-refractivity contribution in [2.45, 2.75) is 32.2 Å². The Hall–Kier alpha value is -0.610. The summed E-state index contributed by atoms with van der Waals surface area (Å²) in [7, 11) is 0. The van der Waals surface area contributed by atoms with Gasteiger partial charge in [0.15, 0.2) is 0 Å². The molecule has 2 fully saturated rings. The Morgan fingerprint density at radius 3 is 2.81 bits per heavy atom. The van der Waals surface area contributed by atoms with Crippen molar-refractivity contribution in [2.24, 2.45) is 11.8 Å². The third kappa shape index (κ3) is 2.38. The average Bonchev–Trinajstić information content (AvgIpc) is 2.71. The van der Waals surface area contributed by atoms with Crippen LogP contribution in [0.15, 0.2) is 0 Å². The lowest BCUT2D eigenvalue weighted by Crippen LogP contribution is -2.48. The number of rotatable bonds is 2. The number of amides is 1. The van der Waals surface area contributed by atoms with E-state index >= 15 is 0 Å². The Balaban J connectivity index is 1.90. The first-order valence-electron chi connectivity index (χ1n) is 6.35. The summed E-state index contributed by atoms with van der Waals surface area (Å²) in [6.07, 6.45) is 3.29. The highest BCUT2D eigenvalue weighted by Crippen LogP contribution is 2.23. The fourth-order valence-electron chi connectivity index (χ4n) is 2.73. The zero-order chi connectivity index (χ0) is 11.5. The van der Waals surface area contributed by atoms with E-state index in [0.717, 1.165) is 32.5 Å². The first-order chi connectivity index (χ1) is 7.72. The van der Waals surface area contributed by atoms with Crippen LogP contribution in [0.3, 0.4) is 0 Å². The van der Waals surface area contributed by atoms with E-state index in [9.17, 15) is 9.90 Å². The molecule has 4 nitrogen and oxygen atoms in total. The number of aliphatic hydroxyl groups is 1.